The fourth-order valence-electron chi connectivity index (χ4n) is 2.99. The van der Waals surface area contributed by atoms with Crippen LogP contribution in [0.1, 0.15) is 23.4 Å². The zero-order valence-electron chi connectivity index (χ0n) is 13.8. The van der Waals surface area contributed by atoms with E-state index in [0.717, 1.165) is 0 Å². The van der Waals surface area contributed by atoms with Crippen molar-refractivity contribution in [2.45, 2.75) is 18.9 Å². The first-order valence-corrected chi connectivity index (χ1v) is 8.01. The summed E-state index contributed by atoms with van der Waals surface area (Å²) in [5, 5.41) is 14.6. The van der Waals surface area contributed by atoms with Crippen LogP contribution in [0.15, 0.2) is 41.0 Å². The number of benzene rings is 1. The highest BCUT2D eigenvalue weighted by Crippen LogP contribution is 2.35. The van der Waals surface area contributed by atoms with Crippen LogP contribution in [0, 0.1) is 10.1 Å². The molecule has 0 saturated carbocycles. The molecule has 1 aromatic carbocycles. The quantitative estimate of drug-likeness (QED) is 0.661. The average Bonchev–Trinajstić information content (AvgIpc) is 3.16. The van der Waals surface area contributed by atoms with Crippen LogP contribution in [0.2, 0.25) is 0 Å². The van der Waals surface area contributed by atoms with E-state index < -0.39 is 4.92 Å². The lowest BCUT2D eigenvalue weighted by Gasteiger charge is -2.32. The molecule has 1 fully saturated rings. The maximum absolute atomic E-state index is 12.3. The van der Waals surface area contributed by atoms with Crippen LogP contribution in [0.3, 0.4) is 0 Å². The Hall–Kier alpha value is -3.03. The highest BCUT2D eigenvalue weighted by Gasteiger charge is 2.27. The van der Waals surface area contributed by atoms with E-state index in [1.807, 2.05) is 0 Å². The van der Waals surface area contributed by atoms with Crippen molar-refractivity contribution >= 4 is 17.3 Å². The molecule has 1 amide bonds. The molecule has 8 heteroatoms. The molecule has 1 aliphatic heterocycles. The van der Waals surface area contributed by atoms with E-state index in [4.69, 9.17) is 9.15 Å². The van der Waals surface area contributed by atoms with Crippen molar-refractivity contribution < 1.29 is 18.9 Å². The van der Waals surface area contributed by atoms with E-state index in [9.17, 15) is 14.9 Å². The van der Waals surface area contributed by atoms with Crippen molar-refractivity contribution in [3.8, 4) is 5.75 Å². The van der Waals surface area contributed by atoms with E-state index in [-0.39, 0.29) is 23.4 Å². The maximum atomic E-state index is 12.3. The summed E-state index contributed by atoms with van der Waals surface area (Å²) in [6.45, 7) is 1.13. The molecule has 2 heterocycles. The van der Waals surface area contributed by atoms with Gasteiger partial charge in [0.15, 0.2) is 11.5 Å². The molecular weight excluding hydrogens is 326 g/mol. The maximum Gasteiger partial charge on any atom is 0.333 e. The van der Waals surface area contributed by atoms with Crippen molar-refractivity contribution in [3.05, 3.63) is 52.5 Å². The second-order valence-corrected chi connectivity index (χ2v) is 5.80. The highest BCUT2D eigenvalue weighted by atomic mass is 16.6. The first kappa shape index (κ1) is 16.8. The van der Waals surface area contributed by atoms with Crippen LogP contribution in [-0.4, -0.2) is 42.0 Å². The fourth-order valence-corrected chi connectivity index (χ4v) is 2.99. The molecule has 0 unspecified atom stereocenters. The van der Waals surface area contributed by atoms with E-state index in [0.29, 0.717) is 37.4 Å². The fraction of sp³-hybridized carbons (Fsp3) is 0.353. The number of nitrogens with zero attached hydrogens (tertiary/aromatic N) is 2. The van der Waals surface area contributed by atoms with E-state index in [2.05, 4.69) is 5.32 Å². The van der Waals surface area contributed by atoms with Gasteiger partial charge in [-0.25, -0.2) is 0 Å². The van der Waals surface area contributed by atoms with Crippen molar-refractivity contribution in [2.24, 2.45) is 0 Å². The number of hydrogen-bond donors (Lipinski definition) is 1. The molecule has 0 atom stereocenters. The standard InChI is InChI=1S/C17H19N3O5/c1-24-14-5-2-4-13(16(14)20(22)23)18-12-7-9-19(10-8-12)17(21)15-6-3-11-25-15/h2-6,11-12,18H,7-10H2,1H3. The van der Waals surface area contributed by atoms with E-state index in [1.165, 1.54) is 13.4 Å². The van der Waals surface area contributed by atoms with Gasteiger partial charge in [0.2, 0.25) is 0 Å². The van der Waals surface area contributed by atoms with Crippen LogP contribution in [0.25, 0.3) is 0 Å². The summed E-state index contributed by atoms with van der Waals surface area (Å²) >= 11 is 0. The van der Waals surface area contributed by atoms with Crippen LogP contribution in [-0.2, 0) is 0 Å². The Kier molecular flexibility index (Phi) is 4.87. The largest absolute Gasteiger partial charge is 0.490 e. The number of anilines is 1. The average molecular weight is 345 g/mol. The SMILES string of the molecule is COc1cccc(NC2CCN(C(=O)c3ccco3)CC2)c1[N+](=O)[O-]. The van der Waals surface area contributed by atoms with E-state index >= 15 is 0 Å². The number of nitro benzene ring substituents is 1. The molecular formula is C17H19N3O5. The number of nitro groups is 1. The Bertz CT molecular complexity index is 752. The number of methoxy groups -OCH3 is 1. The minimum Gasteiger partial charge on any atom is -0.490 e. The third-order valence-corrected chi connectivity index (χ3v) is 4.28. The van der Waals surface area contributed by atoms with Gasteiger partial charge in [0.05, 0.1) is 18.3 Å². The highest BCUT2D eigenvalue weighted by molar-refractivity contribution is 5.91. The molecule has 0 bridgehead atoms. The van der Waals surface area contributed by atoms with Gasteiger partial charge in [-0.3, -0.25) is 14.9 Å². The summed E-state index contributed by atoms with van der Waals surface area (Å²) in [7, 11) is 1.41. The third-order valence-electron chi connectivity index (χ3n) is 4.28. The Morgan fingerprint density at radius 2 is 2.08 bits per heavy atom. The van der Waals surface area contributed by atoms with Gasteiger partial charge in [-0.2, -0.15) is 0 Å². The Labute approximate surface area is 144 Å². The molecule has 1 aromatic heterocycles. The van der Waals surface area contributed by atoms with Gasteiger partial charge in [0.1, 0.15) is 5.69 Å². The Balaban J connectivity index is 1.65. The number of para-hydroxylation sites is 1. The number of nitrogens with one attached hydrogen (secondary N) is 1. The van der Waals surface area contributed by atoms with Gasteiger partial charge >= 0.3 is 5.69 Å². The van der Waals surface area contributed by atoms with Gasteiger partial charge in [-0.1, -0.05) is 6.07 Å². The van der Waals surface area contributed by atoms with Gasteiger partial charge in [0, 0.05) is 19.1 Å². The van der Waals surface area contributed by atoms with Crippen LogP contribution in [0.5, 0.6) is 5.75 Å². The smallest absolute Gasteiger partial charge is 0.333 e. The number of likely N-dealkylation sites (tertiary alicyclic amines) is 1. The van der Waals surface area contributed by atoms with Gasteiger partial charge in [0.25, 0.3) is 5.91 Å². The first-order chi connectivity index (χ1) is 12.1. The zero-order chi connectivity index (χ0) is 17.8. The monoisotopic (exact) mass is 345 g/mol. The van der Waals surface area contributed by atoms with Crippen LogP contribution >= 0.6 is 0 Å². The topological polar surface area (TPSA) is 97.8 Å². The second kappa shape index (κ2) is 7.25. The number of piperidine rings is 1. The first-order valence-electron chi connectivity index (χ1n) is 8.01. The van der Waals surface area contributed by atoms with Crippen LogP contribution in [0.4, 0.5) is 11.4 Å². The molecule has 1 aliphatic rings. The Morgan fingerprint density at radius 3 is 2.68 bits per heavy atom. The zero-order valence-corrected chi connectivity index (χ0v) is 13.8. The predicted molar refractivity (Wildman–Crippen MR) is 90.9 cm³/mol. The number of hydrogen-bond acceptors (Lipinski definition) is 6. The summed E-state index contributed by atoms with van der Waals surface area (Å²) in [6.07, 6.45) is 2.87. The molecule has 8 nitrogen and oxygen atoms in total. The van der Waals surface area contributed by atoms with Crippen molar-refractivity contribution in [2.75, 3.05) is 25.5 Å². The van der Waals surface area contributed by atoms with Crippen molar-refractivity contribution in [1.29, 1.82) is 0 Å². The summed E-state index contributed by atoms with van der Waals surface area (Å²) in [5.41, 5.74) is 0.360. The van der Waals surface area contributed by atoms with Crippen molar-refractivity contribution in [3.63, 3.8) is 0 Å². The number of carbonyl (C=O) groups excluding carboxylic acids is 1. The summed E-state index contributed by atoms with van der Waals surface area (Å²) < 4.78 is 10.2. The second-order valence-electron chi connectivity index (χ2n) is 5.80. The molecule has 132 valence electrons. The van der Waals surface area contributed by atoms with Gasteiger partial charge in [-0.05, 0) is 37.1 Å². The predicted octanol–water partition coefficient (Wildman–Crippen LogP) is 2.91. The molecule has 0 spiro atoms. The normalized spacial score (nSPS) is 15.0. The molecule has 2 aromatic rings. The lowest BCUT2D eigenvalue weighted by molar-refractivity contribution is -0.384. The molecule has 25 heavy (non-hydrogen) atoms. The lowest BCUT2D eigenvalue weighted by Crippen LogP contribution is -2.42. The third kappa shape index (κ3) is 3.57. The minimum atomic E-state index is -0.448. The molecule has 1 saturated heterocycles. The number of amides is 1. The summed E-state index contributed by atoms with van der Waals surface area (Å²) in [4.78, 5) is 24.9. The molecule has 1 N–H and O–H groups in total. The molecule has 0 radical (unpaired) electrons. The number of rotatable bonds is 5. The number of carbonyl (C=O) groups is 1. The number of ether oxygens (including phenoxy) is 1. The lowest BCUT2D eigenvalue weighted by atomic mass is 10.0. The van der Waals surface area contributed by atoms with Gasteiger partial charge < -0.3 is 19.4 Å². The summed E-state index contributed by atoms with van der Waals surface area (Å²) in [5.74, 6) is 0.422. The van der Waals surface area contributed by atoms with Gasteiger partial charge in [-0.15, -0.1) is 0 Å². The van der Waals surface area contributed by atoms with Crippen LogP contribution < -0.4 is 10.1 Å². The van der Waals surface area contributed by atoms with E-state index in [1.54, 1.807) is 35.2 Å². The summed E-state index contributed by atoms with van der Waals surface area (Å²) in [6, 6.07) is 8.32. The molecule has 0 aliphatic carbocycles. The number of furan rings is 1. The minimum absolute atomic E-state index is 0.0476. The van der Waals surface area contributed by atoms with Crippen molar-refractivity contribution in [1.82, 2.24) is 4.90 Å². The molecule has 3 rings (SSSR count). The Morgan fingerprint density at radius 1 is 1.32 bits per heavy atom.